The molecule has 2 heterocycles. The Balaban J connectivity index is 1.97. The molecule has 0 amide bonds. The van der Waals surface area contributed by atoms with Gasteiger partial charge in [0, 0.05) is 25.5 Å². The van der Waals surface area contributed by atoms with Gasteiger partial charge in [-0.3, -0.25) is 4.55 Å². The number of esters is 1. The lowest BCUT2D eigenvalue weighted by molar-refractivity contribution is -0.228. The normalized spacial score (nSPS) is 30.9. The van der Waals surface area contributed by atoms with Crippen LogP contribution in [0.25, 0.3) is 0 Å². The topological polar surface area (TPSA) is 301 Å². The molecule has 0 aliphatic carbocycles. The van der Waals surface area contributed by atoms with Crippen molar-refractivity contribution in [2.75, 3.05) is 6.61 Å². The van der Waals surface area contributed by atoms with Crippen molar-refractivity contribution in [1.82, 2.24) is 0 Å². The Morgan fingerprint density at radius 2 is 1.60 bits per heavy atom. The number of carbonyl (C=O) groups is 1. The molecule has 1 fully saturated rings. The first-order chi connectivity index (χ1) is 28.2. The number of aliphatic hydroxyl groups excluding tert-OH is 10. The number of cyclic esters (lactones) is 1. The van der Waals surface area contributed by atoms with Crippen LogP contribution in [0.2, 0.25) is 0 Å². The molecule has 346 valence electrons. The molecule has 0 aromatic rings. The molecule has 0 aromatic carbocycles. The number of carbonyl (C=O) groups excluding carboxylic acids is 1. The van der Waals surface area contributed by atoms with Crippen molar-refractivity contribution in [1.29, 1.82) is 0 Å². The van der Waals surface area contributed by atoms with Gasteiger partial charge in [-0.05, 0) is 96.0 Å². The maximum absolute atomic E-state index is 12.7. The van der Waals surface area contributed by atoms with Crippen LogP contribution in [0.1, 0.15) is 104 Å². The van der Waals surface area contributed by atoms with Crippen molar-refractivity contribution in [3.63, 3.8) is 0 Å². The van der Waals surface area contributed by atoms with E-state index in [0.717, 1.165) is 24.5 Å². The van der Waals surface area contributed by atoms with E-state index < -0.39 is 109 Å². The maximum atomic E-state index is 12.7. The highest BCUT2D eigenvalue weighted by molar-refractivity contribution is 7.80. The quantitative estimate of drug-likeness (QED) is 0.0527. The van der Waals surface area contributed by atoms with Gasteiger partial charge >= 0.3 is 16.4 Å². The summed E-state index contributed by atoms with van der Waals surface area (Å²) in [6.07, 6.45) is -1.47. The van der Waals surface area contributed by atoms with Gasteiger partial charge in [0.15, 0.2) is 0 Å². The van der Waals surface area contributed by atoms with Crippen LogP contribution in [0, 0.1) is 5.92 Å². The lowest BCUT2D eigenvalue weighted by Crippen LogP contribution is -2.60. The summed E-state index contributed by atoms with van der Waals surface area (Å²) in [6.45, 7) is 7.24. The fourth-order valence-corrected chi connectivity index (χ4v) is 7.90. The van der Waals surface area contributed by atoms with Gasteiger partial charge in [-0.2, -0.15) is 8.42 Å². The van der Waals surface area contributed by atoms with E-state index in [1.807, 2.05) is 19.1 Å². The molecule has 17 nitrogen and oxygen atoms in total. The third-order valence-electron chi connectivity index (χ3n) is 10.5. The standard InChI is InChI=1S/C42H70O17S/c1-26(19-27(2)23-35(49)36(50)25-37-40(52)41(53)42(59-60(54,55)56)38(58-37)24-30(45)17-18-43)20-31(46)21-28(3)22-32-13-8-6-4-5-7-11-29(44)12-9-10-14-33(47)34(48)15-16-39(51)57-32/h4,6,9,12,15-16,20,28-38,40-50,52-53H,2,5,7-8,10-11,13-14,17-19,21-25H2,1,3H3,(H,54,55,56). The van der Waals surface area contributed by atoms with Gasteiger partial charge in [-0.1, -0.05) is 55.0 Å². The first kappa shape index (κ1) is 53.7. The Kier molecular flexibility index (Phi) is 24.7. The van der Waals surface area contributed by atoms with Crippen molar-refractivity contribution in [3.8, 4) is 0 Å². The van der Waals surface area contributed by atoms with E-state index in [1.54, 1.807) is 25.2 Å². The molecule has 0 radical (unpaired) electrons. The smallest absolute Gasteiger partial charge is 0.397 e. The predicted molar refractivity (Wildman–Crippen MR) is 220 cm³/mol. The van der Waals surface area contributed by atoms with Gasteiger partial charge in [0.25, 0.3) is 0 Å². The maximum Gasteiger partial charge on any atom is 0.397 e. The molecule has 2 aliphatic rings. The van der Waals surface area contributed by atoms with Gasteiger partial charge in [0.1, 0.15) is 24.4 Å². The zero-order valence-electron chi connectivity index (χ0n) is 34.7. The molecule has 2 rings (SSSR count). The number of allylic oxidation sites excluding steroid dienone is 4. The van der Waals surface area contributed by atoms with Crippen molar-refractivity contribution in [2.24, 2.45) is 5.92 Å². The molecule has 0 aromatic heterocycles. The van der Waals surface area contributed by atoms with Crippen molar-refractivity contribution >= 4 is 16.4 Å². The van der Waals surface area contributed by atoms with Crippen LogP contribution >= 0.6 is 0 Å². The molecule has 18 heteroatoms. The molecule has 14 atom stereocenters. The predicted octanol–water partition coefficient (Wildman–Crippen LogP) is 1.38. The molecule has 11 N–H and O–H groups in total. The average molecular weight is 879 g/mol. The molecule has 0 saturated carbocycles. The molecular formula is C42H70O17S. The average Bonchev–Trinajstić information content (AvgIpc) is 3.14. The highest BCUT2D eigenvalue weighted by Gasteiger charge is 2.48. The zero-order valence-corrected chi connectivity index (χ0v) is 35.5. The van der Waals surface area contributed by atoms with E-state index in [4.69, 9.17) is 14.6 Å². The van der Waals surface area contributed by atoms with Gasteiger partial charge in [0.2, 0.25) is 0 Å². The Morgan fingerprint density at radius 3 is 2.28 bits per heavy atom. The van der Waals surface area contributed by atoms with E-state index in [-0.39, 0.29) is 38.0 Å². The second kappa shape index (κ2) is 27.6. The molecule has 1 saturated heterocycles. The Hall–Kier alpha value is -2.40. The third-order valence-corrected chi connectivity index (χ3v) is 11.0. The van der Waals surface area contributed by atoms with Crippen molar-refractivity contribution in [2.45, 2.75) is 183 Å². The molecule has 60 heavy (non-hydrogen) atoms. The Morgan fingerprint density at radius 1 is 0.917 bits per heavy atom. The van der Waals surface area contributed by atoms with Gasteiger partial charge in [0.05, 0.1) is 54.9 Å². The Labute approximate surface area is 354 Å². The van der Waals surface area contributed by atoms with E-state index in [1.165, 1.54) is 6.08 Å². The third kappa shape index (κ3) is 21.6. The molecule has 0 bridgehead atoms. The zero-order chi connectivity index (χ0) is 45.0. The SMILES string of the molecule is C=C(CC(C)=CC(O)CC(C)CC1CCC=CCCCC(O)C=CCCC(O)C(O)C=CC(=O)O1)CC(O)C(O)CC1OC(CC(O)CCO)C(OS(=O)(=O)O)C(O)C1O. The fraction of sp³-hybridized carbons (Fsp3) is 0.738. The number of rotatable bonds is 18. The minimum atomic E-state index is -5.12. The van der Waals surface area contributed by atoms with E-state index in [2.05, 4.69) is 10.8 Å². The molecule has 14 unspecified atom stereocenters. The van der Waals surface area contributed by atoms with Crippen LogP contribution in [0.4, 0.5) is 0 Å². The van der Waals surface area contributed by atoms with Crippen LogP contribution < -0.4 is 0 Å². The van der Waals surface area contributed by atoms with E-state index in [0.29, 0.717) is 44.1 Å². The molecule has 0 spiro atoms. The fourth-order valence-electron chi connectivity index (χ4n) is 7.39. The number of hydrogen-bond donors (Lipinski definition) is 11. The summed E-state index contributed by atoms with van der Waals surface area (Å²) in [4.78, 5) is 12.7. The monoisotopic (exact) mass is 878 g/mol. The van der Waals surface area contributed by atoms with Crippen LogP contribution in [-0.4, -0.2) is 156 Å². The van der Waals surface area contributed by atoms with Gasteiger partial charge in [-0.25, -0.2) is 8.98 Å². The minimum Gasteiger partial charge on any atom is -0.459 e. The lowest BCUT2D eigenvalue weighted by Gasteiger charge is -2.43. The molecule has 2 aliphatic heterocycles. The molecular weight excluding hydrogens is 809 g/mol. The number of aliphatic hydroxyl groups is 10. The Bertz CT molecular complexity index is 1500. The van der Waals surface area contributed by atoms with Crippen LogP contribution in [0.15, 0.2) is 60.3 Å². The second-order valence-corrected chi connectivity index (χ2v) is 17.3. The highest BCUT2D eigenvalue weighted by Crippen LogP contribution is 2.31. The second-order valence-electron chi connectivity index (χ2n) is 16.3. The highest BCUT2D eigenvalue weighted by atomic mass is 32.3. The van der Waals surface area contributed by atoms with Crippen molar-refractivity contribution < 1.29 is 82.5 Å². The van der Waals surface area contributed by atoms with Crippen LogP contribution in [-0.2, 0) is 28.9 Å². The summed E-state index contributed by atoms with van der Waals surface area (Å²) in [6, 6.07) is 0. The van der Waals surface area contributed by atoms with Crippen LogP contribution in [0.5, 0.6) is 0 Å². The van der Waals surface area contributed by atoms with Crippen LogP contribution in [0.3, 0.4) is 0 Å². The summed E-state index contributed by atoms with van der Waals surface area (Å²) < 4.78 is 47.9. The number of ether oxygens (including phenoxy) is 2. The summed E-state index contributed by atoms with van der Waals surface area (Å²) in [7, 11) is -5.12. The minimum absolute atomic E-state index is 0.0948. The van der Waals surface area contributed by atoms with Crippen molar-refractivity contribution in [3.05, 3.63) is 60.3 Å². The summed E-state index contributed by atoms with van der Waals surface area (Å²) in [5.41, 5.74) is 1.22. The van der Waals surface area contributed by atoms with E-state index in [9.17, 15) is 63.7 Å². The number of hydrogen-bond acceptors (Lipinski definition) is 16. The van der Waals surface area contributed by atoms with Gasteiger partial charge < -0.3 is 60.5 Å². The summed E-state index contributed by atoms with van der Waals surface area (Å²) in [5.74, 6) is -0.760. The van der Waals surface area contributed by atoms with Gasteiger partial charge in [-0.15, -0.1) is 0 Å². The summed E-state index contributed by atoms with van der Waals surface area (Å²) >= 11 is 0. The lowest BCUT2D eigenvalue weighted by atomic mass is 9.88. The largest absolute Gasteiger partial charge is 0.459 e. The first-order valence-electron chi connectivity index (χ1n) is 20.8. The van der Waals surface area contributed by atoms with E-state index >= 15 is 0 Å². The summed E-state index contributed by atoms with van der Waals surface area (Å²) in [5, 5.41) is 104. The first-order valence-corrected chi connectivity index (χ1v) is 22.1.